The molecule has 2 aromatic rings. The van der Waals surface area contributed by atoms with E-state index in [0.29, 0.717) is 13.1 Å². The minimum Gasteiger partial charge on any atom is -0.334 e. The smallest absolute Gasteiger partial charge is 0.315 e. The first kappa shape index (κ1) is 19.9. The van der Waals surface area contributed by atoms with Gasteiger partial charge in [-0.2, -0.15) is 0 Å². The van der Waals surface area contributed by atoms with Crippen molar-refractivity contribution in [3.05, 3.63) is 70.8 Å². The van der Waals surface area contributed by atoms with Gasteiger partial charge in [0.05, 0.1) is 0 Å². The lowest BCUT2D eigenvalue weighted by Gasteiger charge is -2.12. The molecule has 2 amide bonds. The predicted molar refractivity (Wildman–Crippen MR) is 107 cm³/mol. The van der Waals surface area contributed by atoms with Crippen molar-refractivity contribution in [2.75, 3.05) is 28.2 Å². The molecule has 2 rings (SSSR count). The topological polar surface area (TPSA) is 47.6 Å². The van der Waals surface area contributed by atoms with Crippen LogP contribution >= 0.6 is 0 Å². The van der Waals surface area contributed by atoms with E-state index in [1.807, 2.05) is 0 Å². The maximum Gasteiger partial charge on any atom is 0.315 e. The molecule has 0 fully saturated rings. The van der Waals surface area contributed by atoms with E-state index >= 15 is 0 Å². The highest BCUT2D eigenvalue weighted by Crippen LogP contribution is 2.07. The summed E-state index contributed by atoms with van der Waals surface area (Å²) in [5.41, 5.74) is 4.72. The summed E-state index contributed by atoms with van der Waals surface area (Å²) in [6.07, 6.45) is 0. The zero-order valence-electron chi connectivity index (χ0n) is 16.2. The molecule has 0 saturated heterocycles. The van der Waals surface area contributed by atoms with E-state index < -0.39 is 0 Å². The van der Waals surface area contributed by atoms with Crippen molar-refractivity contribution in [2.45, 2.75) is 26.2 Å². The summed E-state index contributed by atoms with van der Waals surface area (Å²) < 4.78 is 0. The molecule has 0 heterocycles. The van der Waals surface area contributed by atoms with Crippen molar-refractivity contribution in [3.63, 3.8) is 0 Å². The zero-order valence-corrected chi connectivity index (χ0v) is 16.2. The van der Waals surface area contributed by atoms with Gasteiger partial charge in [0.2, 0.25) is 0 Å². The van der Waals surface area contributed by atoms with Crippen LogP contribution < -0.4 is 10.6 Å². The van der Waals surface area contributed by atoms with Crippen LogP contribution in [0, 0.1) is 0 Å². The first-order valence-electron chi connectivity index (χ1n) is 8.89. The number of urea groups is 1. The third kappa shape index (κ3) is 7.25. The normalized spacial score (nSPS) is 11.0. The molecule has 0 bridgehead atoms. The zero-order chi connectivity index (χ0) is 18.9. The van der Waals surface area contributed by atoms with Gasteiger partial charge in [-0.05, 0) is 50.4 Å². The van der Waals surface area contributed by atoms with Crippen LogP contribution in [0.3, 0.4) is 0 Å². The Labute approximate surface area is 157 Å². The molecule has 0 spiro atoms. The van der Waals surface area contributed by atoms with Crippen molar-refractivity contribution < 1.29 is 4.79 Å². The molecule has 5 heteroatoms. The molecule has 0 atom stereocenters. The highest BCUT2D eigenvalue weighted by Gasteiger charge is 2.02. The lowest BCUT2D eigenvalue weighted by Crippen LogP contribution is -2.34. The number of amides is 2. The van der Waals surface area contributed by atoms with Crippen molar-refractivity contribution in [1.82, 2.24) is 20.4 Å². The number of nitrogens with one attached hydrogen (secondary N) is 2. The van der Waals surface area contributed by atoms with Crippen molar-refractivity contribution in [2.24, 2.45) is 0 Å². The molecule has 0 aromatic heterocycles. The molecule has 0 aliphatic carbocycles. The van der Waals surface area contributed by atoms with Crippen LogP contribution in [0.25, 0.3) is 0 Å². The maximum absolute atomic E-state index is 12.0. The maximum atomic E-state index is 12.0. The Morgan fingerprint density at radius 1 is 0.654 bits per heavy atom. The first-order valence-corrected chi connectivity index (χ1v) is 8.89. The van der Waals surface area contributed by atoms with Crippen LogP contribution in [0.5, 0.6) is 0 Å². The van der Waals surface area contributed by atoms with E-state index in [0.717, 1.165) is 24.2 Å². The summed E-state index contributed by atoms with van der Waals surface area (Å²) in [4.78, 5) is 16.2. The van der Waals surface area contributed by atoms with E-state index in [9.17, 15) is 4.79 Å². The lowest BCUT2D eigenvalue weighted by molar-refractivity contribution is 0.240. The van der Waals surface area contributed by atoms with E-state index in [2.05, 4.69) is 97.2 Å². The number of nitrogens with zero attached hydrogens (tertiary/aromatic N) is 2. The number of hydrogen-bond donors (Lipinski definition) is 2. The molecule has 2 aromatic carbocycles. The number of rotatable bonds is 8. The van der Waals surface area contributed by atoms with Crippen molar-refractivity contribution in [3.8, 4) is 0 Å². The van der Waals surface area contributed by atoms with Crippen molar-refractivity contribution in [1.29, 1.82) is 0 Å². The van der Waals surface area contributed by atoms with Gasteiger partial charge in [-0.3, -0.25) is 0 Å². The fourth-order valence-electron chi connectivity index (χ4n) is 2.68. The predicted octanol–water partition coefficient (Wildman–Crippen LogP) is 2.81. The Bertz CT molecular complexity index is 619. The largest absolute Gasteiger partial charge is 0.334 e. The molecule has 0 radical (unpaired) electrons. The molecule has 0 saturated carbocycles. The van der Waals surface area contributed by atoms with Gasteiger partial charge < -0.3 is 20.4 Å². The van der Waals surface area contributed by atoms with Crippen LogP contribution in [0.2, 0.25) is 0 Å². The third-order valence-corrected chi connectivity index (χ3v) is 3.95. The van der Waals surface area contributed by atoms with Crippen LogP contribution in [0.1, 0.15) is 22.3 Å². The highest BCUT2D eigenvalue weighted by atomic mass is 16.2. The number of carbonyl (C=O) groups is 1. The van der Waals surface area contributed by atoms with Gasteiger partial charge in [0, 0.05) is 26.2 Å². The second kappa shape index (κ2) is 9.94. The van der Waals surface area contributed by atoms with Gasteiger partial charge in [-0.25, -0.2) is 4.79 Å². The van der Waals surface area contributed by atoms with E-state index in [-0.39, 0.29) is 6.03 Å². The Morgan fingerprint density at radius 2 is 0.962 bits per heavy atom. The SMILES string of the molecule is CN(C)Cc1ccc(CNC(=O)NCc2ccc(CN(C)C)cc2)cc1. The molecule has 0 aliphatic heterocycles. The molecule has 5 nitrogen and oxygen atoms in total. The minimum atomic E-state index is -0.153. The molecule has 2 N–H and O–H groups in total. The van der Waals surface area contributed by atoms with Crippen LogP contribution in [-0.4, -0.2) is 44.0 Å². The first-order chi connectivity index (χ1) is 12.4. The van der Waals surface area contributed by atoms with Gasteiger partial charge in [0.1, 0.15) is 0 Å². The average Bonchev–Trinajstić information content (AvgIpc) is 2.59. The third-order valence-electron chi connectivity index (χ3n) is 3.95. The molecule has 140 valence electrons. The Kier molecular flexibility index (Phi) is 7.63. The summed E-state index contributed by atoms with van der Waals surface area (Å²) in [5, 5.41) is 5.80. The Morgan fingerprint density at radius 3 is 1.27 bits per heavy atom. The Balaban J connectivity index is 1.73. The van der Waals surface area contributed by atoms with Gasteiger partial charge in [0.15, 0.2) is 0 Å². The lowest BCUT2D eigenvalue weighted by atomic mass is 10.1. The fourth-order valence-corrected chi connectivity index (χ4v) is 2.68. The van der Waals surface area contributed by atoms with E-state index in [1.54, 1.807) is 0 Å². The standard InChI is InChI=1S/C21H30N4O/c1-24(2)15-19-9-5-17(6-10-19)13-22-21(26)23-14-18-7-11-20(12-8-18)16-25(3)4/h5-12H,13-16H2,1-4H3,(H2,22,23,26). The molecule has 0 aliphatic rings. The Hall–Kier alpha value is -2.37. The molecule has 26 heavy (non-hydrogen) atoms. The minimum absolute atomic E-state index is 0.153. The van der Waals surface area contributed by atoms with Gasteiger partial charge in [-0.15, -0.1) is 0 Å². The average molecular weight is 354 g/mol. The van der Waals surface area contributed by atoms with Crippen LogP contribution in [0.4, 0.5) is 4.79 Å². The summed E-state index contributed by atoms with van der Waals surface area (Å²) in [5.74, 6) is 0. The van der Waals surface area contributed by atoms with E-state index in [4.69, 9.17) is 0 Å². The quantitative estimate of drug-likeness (QED) is 0.766. The molecule has 0 unspecified atom stereocenters. The molecular weight excluding hydrogens is 324 g/mol. The second-order valence-electron chi connectivity index (χ2n) is 7.14. The highest BCUT2D eigenvalue weighted by molar-refractivity contribution is 5.73. The van der Waals surface area contributed by atoms with Gasteiger partial charge >= 0.3 is 6.03 Å². The van der Waals surface area contributed by atoms with Gasteiger partial charge in [0.25, 0.3) is 0 Å². The van der Waals surface area contributed by atoms with Crippen molar-refractivity contribution >= 4 is 6.03 Å². The monoisotopic (exact) mass is 354 g/mol. The fraction of sp³-hybridized carbons (Fsp3) is 0.381. The second-order valence-corrected chi connectivity index (χ2v) is 7.14. The number of hydrogen-bond acceptors (Lipinski definition) is 3. The summed E-state index contributed by atoms with van der Waals surface area (Å²) in [6.45, 7) is 2.88. The molecular formula is C21H30N4O. The number of benzene rings is 2. The van der Waals surface area contributed by atoms with E-state index in [1.165, 1.54) is 11.1 Å². The summed E-state index contributed by atoms with van der Waals surface area (Å²) >= 11 is 0. The number of carbonyl (C=O) groups excluding carboxylic acids is 1. The summed E-state index contributed by atoms with van der Waals surface area (Å²) in [7, 11) is 8.20. The van der Waals surface area contributed by atoms with Gasteiger partial charge in [-0.1, -0.05) is 48.5 Å². The van der Waals surface area contributed by atoms with Crippen LogP contribution in [0.15, 0.2) is 48.5 Å². The summed E-state index contributed by atoms with van der Waals surface area (Å²) in [6, 6.07) is 16.5. The van der Waals surface area contributed by atoms with Crippen LogP contribution in [-0.2, 0) is 26.2 Å².